The normalized spacial score (nSPS) is 9.72. The quantitative estimate of drug-likeness (QED) is 0.603. The van der Waals surface area contributed by atoms with Crippen LogP contribution < -0.4 is 11.1 Å². The number of nitrogens with two attached hydrogens (primary N) is 1. The van der Waals surface area contributed by atoms with Crippen molar-refractivity contribution in [3.63, 3.8) is 0 Å². The minimum Gasteiger partial charge on any atom is -0.465 e. The largest absolute Gasteiger partial charge is 0.465 e. The summed E-state index contributed by atoms with van der Waals surface area (Å²) in [7, 11) is 4.64. The third kappa shape index (κ3) is 3.38. The van der Waals surface area contributed by atoms with Gasteiger partial charge in [0, 0.05) is 14.1 Å². The molecule has 3 N–H and O–H groups in total. The van der Waals surface area contributed by atoms with Gasteiger partial charge in [0.05, 0.1) is 30.6 Å². The summed E-state index contributed by atoms with van der Waals surface area (Å²) < 4.78 is 4.61. The molecule has 0 heterocycles. The topological polar surface area (TPSA) is 84.7 Å². The Balaban J connectivity index is 2.82. The molecule has 0 radical (unpaired) electrons. The smallest absolute Gasteiger partial charge is 0.337 e. The molecule has 0 aliphatic heterocycles. The summed E-state index contributed by atoms with van der Waals surface area (Å²) in [4.78, 5) is 24.3. The van der Waals surface area contributed by atoms with E-state index in [4.69, 9.17) is 5.73 Å². The van der Waals surface area contributed by atoms with E-state index in [9.17, 15) is 9.59 Å². The number of likely N-dealkylation sites (N-methyl/N-ethyl adjacent to an activating group) is 1. The second-order valence-corrected chi connectivity index (χ2v) is 3.94. The molecule has 0 saturated heterocycles. The van der Waals surface area contributed by atoms with Crippen LogP contribution in [0.15, 0.2) is 18.2 Å². The number of nitrogens with one attached hydrogen (secondary N) is 1. The van der Waals surface area contributed by atoms with Crippen LogP contribution in [0.4, 0.5) is 11.4 Å². The standard InChI is InChI=1S/C12H17N3O3/c1-15(2)11(16)7-14-10-6-8(12(17)18-3)4-5-9(10)13/h4-6,14H,7,13H2,1-3H3. The number of amides is 1. The van der Waals surface area contributed by atoms with Crippen LogP contribution in [0.25, 0.3) is 0 Å². The molecule has 6 heteroatoms. The van der Waals surface area contributed by atoms with Gasteiger partial charge >= 0.3 is 5.97 Å². The Morgan fingerprint density at radius 3 is 2.61 bits per heavy atom. The summed E-state index contributed by atoms with van der Waals surface area (Å²) in [6.45, 7) is 0.113. The molecule has 0 aliphatic rings. The summed E-state index contributed by atoms with van der Waals surface area (Å²) in [5.74, 6) is -0.533. The molecule has 1 amide bonds. The lowest BCUT2D eigenvalue weighted by Gasteiger charge is -2.13. The molecule has 0 aromatic heterocycles. The van der Waals surface area contributed by atoms with Gasteiger partial charge in [-0.3, -0.25) is 4.79 Å². The number of rotatable bonds is 4. The van der Waals surface area contributed by atoms with Crippen LogP contribution in [0.5, 0.6) is 0 Å². The fourth-order valence-electron chi connectivity index (χ4n) is 1.28. The van der Waals surface area contributed by atoms with Crippen molar-refractivity contribution in [2.24, 2.45) is 0 Å². The number of ether oxygens (including phenoxy) is 1. The number of nitrogens with zero attached hydrogens (tertiary/aromatic N) is 1. The average Bonchev–Trinajstić information content (AvgIpc) is 2.36. The Morgan fingerprint density at radius 1 is 1.39 bits per heavy atom. The van der Waals surface area contributed by atoms with E-state index < -0.39 is 5.97 Å². The fraction of sp³-hybridized carbons (Fsp3) is 0.333. The number of methoxy groups -OCH3 is 1. The molecule has 1 aromatic carbocycles. The van der Waals surface area contributed by atoms with Crippen molar-refractivity contribution in [1.82, 2.24) is 4.90 Å². The van der Waals surface area contributed by atoms with Crippen LogP contribution >= 0.6 is 0 Å². The summed E-state index contributed by atoms with van der Waals surface area (Å²) in [5, 5.41) is 2.89. The number of anilines is 2. The third-order valence-corrected chi connectivity index (χ3v) is 2.40. The highest BCUT2D eigenvalue weighted by Gasteiger charge is 2.10. The number of esters is 1. The second-order valence-electron chi connectivity index (χ2n) is 3.94. The van der Waals surface area contributed by atoms with Gasteiger partial charge in [-0.1, -0.05) is 0 Å². The van der Waals surface area contributed by atoms with Gasteiger partial charge in [-0.15, -0.1) is 0 Å². The van der Waals surface area contributed by atoms with Crippen LogP contribution in [0, 0.1) is 0 Å². The van der Waals surface area contributed by atoms with Gasteiger partial charge in [-0.25, -0.2) is 4.79 Å². The molecule has 0 bridgehead atoms. The van der Waals surface area contributed by atoms with Gasteiger partial charge < -0.3 is 20.7 Å². The third-order valence-electron chi connectivity index (χ3n) is 2.40. The summed E-state index contributed by atoms with van der Waals surface area (Å²) in [5.41, 5.74) is 7.14. The van der Waals surface area contributed by atoms with Crippen molar-refractivity contribution in [2.75, 3.05) is 38.8 Å². The first-order chi connectivity index (χ1) is 8.45. The van der Waals surface area contributed by atoms with E-state index in [2.05, 4.69) is 10.1 Å². The van der Waals surface area contributed by atoms with Gasteiger partial charge in [0.2, 0.25) is 5.91 Å². The first kappa shape index (κ1) is 13.8. The molecule has 6 nitrogen and oxygen atoms in total. The van der Waals surface area contributed by atoms with Crippen LogP contribution in [-0.2, 0) is 9.53 Å². The Morgan fingerprint density at radius 2 is 2.06 bits per heavy atom. The number of hydrogen-bond donors (Lipinski definition) is 2. The SMILES string of the molecule is COC(=O)c1ccc(N)c(NCC(=O)N(C)C)c1. The first-order valence-electron chi connectivity index (χ1n) is 5.37. The lowest BCUT2D eigenvalue weighted by Crippen LogP contribution is -2.28. The molecular weight excluding hydrogens is 234 g/mol. The number of hydrogen-bond acceptors (Lipinski definition) is 5. The molecule has 0 atom stereocenters. The number of benzene rings is 1. The number of carbonyl (C=O) groups is 2. The highest BCUT2D eigenvalue weighted by atomic mass is 16.5. The van der Waals surface area contributed by atoms with E-state index in [0.717, 1.165) is 0 Å². The molecule has 0 aliphatic carbocycles. The fourth-order valence-corrected chi connectivity index (χ4v) is 1.28. The molecule has 0 fully saturated rings. The van der Waals surface area contributed by atoms with Gasteiger partial charge in [0.25, 0.3) is 0 Å². The van der Waals surface area contributed by atoms with Crippen molar-refractivity contribution in [3.8, 4) is 0 Å². The van der Waals surface area contributed by atoms with E-state index in [0.29, 0.717) is 16.9 Å². The Labute approximate surface area is 106 Å². The molecule has 1 rings (SSSR count). The molecule has 0 saturated carbocycles. The minimum absolute atomic E-state index is 0.0853. The van der Waals surface area contributed by atoms with Gasteiger partial charge in [0.1, 0.15) is 0 Å². The number of nitrogen functional groups attached to an aromatic ring is 1. The number of carbonyl (C=O) groups excluding carboxylic acids is 2. The van der Waals surface area contributed by atoms with Crippen molar-refractivity contribution >= 4 is 23.3 Å². The monoisotopic (exact) mass is 251 g/mol. The van der Waals surface area contributed by atoms with E-state index in [1.807, 2.05) is 0 Å². The maximum Gasteiger partial charge on any atom is 0.337 e. The zero-order chi connectivity index (χ0) is 13.7. The maximum atomic E-state index is 11.4. The van der Waals surface area contributed by atoms with Gasteiger partial charge in [-0.2, -0.15) is 0 Å². The molecule has 18 heavy (non-hydrogen) atoms. The van der Waals surface area contributed by atoms with E-state index in [1.54, 1.807) is 32.3 Å². The van der Waals surface area contributed by atoms with E-state index >= 15 is 0 Å². The zero-order valence-corrected chi connectivity index (χ0v) is 10.7. The second kappa shape index (κ2) is 5.90. The highest BCUT2D eigenvalue weighted by molar-refractivity contribution is 5.92. The Hall–Kier alpha value is -2.24. The van der Waals surface area contributed by atoms with Crippen LogP contribution in [-0.4, -0.2) is 44.5 Å². The van der Waals surface area contributed by atoms with E-state index in [-0.39, 0.29) is 12.5 Å². The minimum atomic E-state index is -0.447. The Bertz CT molecular complexity index is 458. The summed E-state index contributed by atoms with van der Waals surface area (Å²) in [6, 6.07) is 4.72. The summed E-state index contributed by atoms with van der Waals surface area (Å²) >= 11 is 0. The van der Waals surface area contributed by atoms with Gasteiger partial charge in [0.15, 0.2) is 0 Å². The predicted octanol–water partition coefficient (Wildman–Crippen LogP) is 0.555. The Kier molecular flexibility index (Phi) is 4.53. The van der Waals surface area contributed by atoms with Crippen LogP contribution in [0.3, 0.4) is 0 Å². The van der Waals surface area contributed by atoms with Crippen LogP contribution in [0.1, 0.15) is 10.4 Å². The lowest BCUT2D eigenvalue weighted by atomic mass is 10.1. The van der Waals surface area contributed by atoms with E-state index in [1.165, 1.54) is 12.0 Å². The van der Waals surface area contributed by atoms with Crippen molar-refractivity contribution in [1.29, 1.82) is 0 Å². The lowest BCUT2D eigenvalue weighted by molar-refractivity contribution is -0.126. The van der Waals surface area contributed by atoms with Crippen molar-refractivity contribution < 1.29 is 14.3 Å². The summed E-state index contributed by atoms with van der Waals surface area (Å²) in [6.07, 6.45) is 0. The molecular formula is C12H17N3O3. The highest BCUT2D eigenvalue weighted by Crippen LogP contribution is 2.20. The first-order valence-corrected chi connectivity index (χ1v) is 5.37. The molecule has 1 aromatic rings. The molecule has 98 valence electrons. The average molecular weight is 251 g/mol. The van der Waals surface area contributed by atoms with Gasteiger partial charge in [-0.05, 0) is 18.2 Å². The van der Waals surface area contributed by atoms with Crippen LogP contribution in [0.2, 0.25) is 0 Å². The van der Waals surface area contributed by atoms with Crippen molar-refractivity contribution in [3.05, 3.63) is 23.8 Å². The zero-order valence-electron chi connectivity index (χ0n) is 10.7. The maximum absolute atomic E-state index is 11.4. The molecule has 0 spiro atoms. The predicted molar refractivity (Wildman–Crippen MR) is 69.4 cm³/mol. The van der Waals surface area contributed by atoms with Crippen molar-refractivity contribution in [2.45, 2.75) is 0 Å². The molecule has 0 unspecified atom stereocenters.